The predicted octanol–water partition coefficient (Wildman–Crippen LogP) is 5.86. The highest BCUT2D eigenvalue weighted by molar-refractivity contribution is 7.91. The van der Waals surface area contributed by atoms with E-state index in [2.05, 4.69) is 24.8 Å². The smallest absolute Gasteiger partial charge is 0.181 e. The Bertz CT molecular complexity index is 1030. The van der Waals surface area contributed by atoms with Crippen LogP contribution < -0.4 is 9.64 Å². The predicted molar refractivity (Wildman–Crippen MR) is 125 cm³/mol. The van der Waals surface area contributed by atoms with Gasteiger partial charge in [0.15, 0.2) is 9.84 Å². The molecule has 0 saturated carbocycles. The Hall–Kier alpha value is -2.52. The molecule has 2 aromatic rings. The van der Waals surface area contributed by atoms with Gasteiger partial charge in [0.25, 0.3) is 0 Å². The van der Waals surface area contributed by atoms with Gasteiger partial charge in [-0.25, -0.2) is 8.42 Å². The number of hydrogen-bond acceptors (Lipinski definition) is 5. The second-order valence-corrected chi connectivity index (χ2v) is 10.5. The van der Waals surface area contributed by atoms with Gasteiger partial charge >= 0.3 is 0 Å². The molecule has 2 aromatic carbocycles. The van der Waals surface area contributed by atoms with Crippen molar-refractivity contribution in [3.8, 4) is 11.8 Å². The summed E-state index contributed by atoms with van der Waals surface area (Å²) in [6, 6.07) is 15.3. The average molecular weight is 441 g/mol. The van der Waals surface area contributed by atoms with Crippen molar-refractivity contribution in [3.63, 3.8) is 0 Å². The van der Waals surface area contributed by atoms with E-state index < -0.39 is 9.84 Å². The standard InChI is InChI=1S/C25H32N2O3S/c1-4-6-13-25(14-7-5-2)18-27(21-11-9-8-10-12-21)22-15-20(17-26)23(30-3)16-24(22)31(28,29)19-25/h8-12,15-16H,4-7,13-14,18-19H2,1-3H3. The molecule has 0 N–H and O–H groups in total. The number of rotatable bonds is 8. The van der Waals surface area contributed by atoms with E-state index in [1.54, 1.807) is 6.07 Å². The minimum absolute atomic E-state index is 0.116. The molecule has 3 rings (SSSR count). The Morgan fingerprint density at radius 2 is 1.74 bits per heavy atom. The molecule has 0 aromatic heterocycles. The number of benzene rings is 2. The van der Waals surface area contributed by atoms with Gasteiger partial charge in [-0.3, -0.25) is 0 Å². The van der Waals surface area contributed by atoms with Crippen molar-refractivity contribution in [1.29, 1.82) is 5.26 Å². The number of methoxy groups -OCH3 is 1. The minimum Gasteiger partial charge on any atom is -0.495 e. The Labute approximate surface area is 186 Å². The molecule has 1 aliphatic heterocycles. The number of nitrogens with zero attached hydrogens (tertiary/aromatic N) is 2. The lowest BCUT2D eigenvalue weighted by molar-refractivity contribution is 0.270. The zero-order valence-corrected chi connectivity index (χ0v) is 19.5. The number of ether oxygens (including phenoxy) is 1. The largest absolute Gasteiger partial charge is 0.495 e. The van der Waals surface area contributed by atoms with E-state index in [4.69, 9.17) is 4.74 Å². The van der Waals surface area contributed by atoms with Crippen LogP contribution in [0.5, 0.6) is 5.75 Å². The van der Waals surface area contributed by atoms with Crippen molar-refractivity contribution in [3.05, 3.63) is 48.0 Å². The first kappa shape index (κ1) is 23.1. The van der Waals surface area contributed by atoms with E-state index in [1.165, 1.54) is 13.2 Å². The molecule has 0 bridgehead atoms. The summed E-state index contributed by atoms with van der Waals surface area (Å²) in [5.74, 6) is 0.415. The van der Waals surface area contributed by atoms with Crippen LogP contribution >= 0.6 is 0 Å². The number of nitriles is 1. The van der Waals surface area contributed by atoms with Crippen LogP contribution in [0.25, 0.3) is 0 Å². The molecule has 6 heteroatoms. The zero-order valence-electron chi connectivity index (χ0n) is 18.7. The molecule has 0 amide bonds. The molecule has 0 unspecified atom stereocenters. The molecule has 1 heterocycles. The van der Waals surface area contributed by atoms with Gasteiger partial charge in [-0.05, 0) is 31.0 Å². The number of unbranched alkanes of at least 4 members (excludes halogenated alkanes) is 2. The molecule has 0 radical (unpaired) electrons. The second-order valence-electron chi connectivity index (χ2n) is 8.52. The third-order valence-electron chi connectivity index (χ3n) is 6.21. The molecule has 0 fully saturated rings. The maximum atomic E-state index is 13.7. The van der Waals surface area contributed by atoms with E-state index in [9.17, 15) is 13.7 Å². The summed E-state index contributed by atoms with van der Waals surface area (Å²) >= 11 is 0. The molecule has 31 heavy (non-hydrogen) atoms. The summed E-state index contributed by atoms with van der Waals surface area (Å²) in [5, 5.41) is 9.65. The number of sulfone groups is 1. The van der Waals surface area contributed by atoms with Gasteiger partial charge in [-0.1, -0.05) is 57.7 Å². The third kappa shape index (κ3) is 4.88. The third-order valence-corrected chi connectivity index (χ3v) is 8.20. The minimum atomic E-state index is -3.58. The highest BCUT2D eigenvalue weighted by Gasteiger charge is 2.42. The molecule has 0 aliphatic carbocycles. The summed E-state index contributed by atoms with van der Waals surface area (Å²) in [5.41, 5.74) is 1.50. The fourth-order valence-electron chi connectivity index (χ4n) is 4.58. The van der Waals surface area contributed by atoms with Crippen LogP contribution in [0.15, 0.2) is 47.4 Å². The van der Waals surface area contributed by atoms with Crippen LogP contribution in [-0.4, -0.2) is 27.8 Å². The molecule has 1 aliphatic rings. The van der Waals surface area contributed by atoms with Crippen LogP contribution in [0, 0.1) is 16.7 Å². The van der Waals surface area contributed by atoms with E-state index >= 15 is 0 Å². The van der Waals surface area contributed by atoms with E-state index in [0.717, 1.165) is 44.2 Å². The quantitative estimate of drug-likeness (QED) is 0.514. The van der Waals surface area contributed by atoms with Crippen molar-refractivity contribution < 1.29 is 13.2 Å². The maximum absolute atomic E-state index is 13.7. The molecule has 0 saturated heterocycles. The highest BCUT2D eigenvalue weighted by atomic mass is 32.2. The van der Waals surface area contributed by atoms with Gasteiger partial charge in [0.05, 0.1) is 29.0 Å². The van der Waals surface area contributed by atoms with Crippen molar-refractivity contribution in [1.82, 2.24) is 0 Å². The molecular weight excluding hydrogens is 408 g/mol. The summed E-state index contributed by atoms with van der Waals surface area (Å²) in [6.45, 7) is 4.90. The van der Waals surface area contributed by atoms with Crippen molar-refractivity contribution in [2.75, 3.05) is 24.3 Å². The van der Waals surface area contributed by atoms with Crippen LogP contribution in [0.1, 0.15) is 57.9 Å². The van der Waals surface area contributed by atoms with Gasteiger partial charge in [0, 0.05) is 23.7 Å². The zero-order chi connectivity index (χ0) is 22.5. The number of hydrogen-bond donors (Lipinski definition) is 0. The molecular formula is C25H32N2O3S. The highest BCUT2D eigenvalue weighted by Crippen LogP contribution is 2.46. The van der Waals surface area contributed by atoms with Crippen LogP contribution in [-0.2, 0) is 9.84 Å². The van der Waals surface area contributed by atoms with E-state index in [0.29, 0.717) is 23.5 Å². The first-order chi connectivity index (χ1) is 14.9. The summed E-state index contributed by atoms with van der Waals surface area (Å²) in [4.78, 5) is 2.35. The van der Waals surface area contributed by atoms with Crippen LogP contribution in [0.3, 0.4) is 0 Å². The summed E-state index contributed by atoms with van der Waals surface area (Å²) in [6.07, 6.45) is 5.76. The number of fused-ring (bicyclic) bond motifs is 1. The topological polar surface area (TPSA) is 70.4 Å². The fourth-order valence-corrected chi connectivity index (χ4v) is 6.70. The lowest BCUT2D eigenvalue weighted by atomic mass is 9.79. The Morgan fingerprint density at radius 3 is 2.29 bits per heavy atom. The monoisotopic (exact) mass is 440 g/mol. The lowest BCUT2D eigenvalue weighted by Gasteiger charge is -2.37. The van der Waals surface area contributed by atoms with Crippen molar-refractivity contribution in [2.45, 2.75) is 57.3 Å². The van der Waals surface area contributed by atoms with Gasteiger partial charge in [0.2, 0.25) is 0 Å². The van der Waals surface area contributed by atoms with E-state index in [1.807, 2.05) is 30.3 Å². The van der Waals surface area contributed by atoms with Crippen LogP contribution in [0.2, 0.25) is 0 Å². The van der Waals surface area contributed by atoms with E-state index in [-0.39, 0.29) is 16.1 Å². The summed E-state index contributed by atoms with van der Waals surface area (Å²) < 4.78 is 32.8. The number of anilines is 2. The van der Waals surface area contributed by atoms with Crippen LogP contribution in [0.4, 0.5) is 11.4 Å². The van der Waals surface area contributed by atoms with Gasteiger partial charge in [0.1, 0.15) is 11.8 Å². The SMILES string of the molecule is CCCCC1(CCCC)CN(c2ccccc2)c2cc(C#N)c(OC)cc2S(=O)(=O)C1. The molecule has 166 valence electrons. The lowest BCUT2D eigenvalue weighted by Crippen LogP contribution is -2.38. The second kappa shape index (κ2) is 9.74. The first-order valence-corrected chi connectivity index (χ1v) is 12.7. The maximum Gasteiger partial charge on any atom is 0.181 e. The van der Waals surface area contributed by atoms with Gasteiger partial charge in [-0.15, -0.1) is 0 Å². The summed E-state index contributed by atoms with van der Waals surface area (Å²) in [7, 11) is -2.11. The molecule has 0 atom stereocenters. The normalized spacial score (nSPS) is 16.8. The Kier molecular flexibility index (Phi) is 7.27. The number of para-hydroxylation sites is 1. The first-order valence-electron chi connectivity index (χ1n) is 11.1. The average Bonchev–Trinajstić information content (AvgIpc) is 2.88. The fraction of sp³-hybridized carbons (Fsp3) is 0.480. The molecule has 5 nitrogen and oxygen atoms in total. The van der Waals surface area contributed by atoms with Gasteiger partial charge < -0.3 is 9.64 Å². The van der Waals surface area contributed by atoms with Gasteiger partial charge in [-0.2, -0.15) is 5.26 Å². The Morgan fingerprint density at radius 1 is 1.10 bits per heavy atom. The Balaban J connectivity index is 2.27. The molecule has 0 spiro atoms. The van der Waals surface area contributed by atoms with Crippen molar-refractivity contribution in [2.24, 2.45) is 5.41 Å². The van der Waals surface area contributed by atoms with Crippen molar-refractivity contribution >= 4 is 21.2 Å².